The van der Waals surface area contributed by atoms with Crippen molar-refractivity contribution in [2.75, 3.05) is 29.9 Å². The van der Waals surface area contributed by atoms with Crippen molar-refractivity contribution in [2.24, 2.45) is 5.41 Å². The topological polar surface area (TPSA) is 94.7 Å². The van der Waals surface area contributed by atoms with E-state index in [2.05, 4.69) is 35.7 Å². The number of rotatable bonds is 8. The normalized spacial score (nSPS) is 20.8. The van der Waals surface area contributed by atoms with Crippen LogP contribution < -0.4 is 10.2 Å². The second-order valence-electron chi connectivity index (χ2n) is 9.95. The van der Waals surface area contributed by atoms with Crippen LogP contribution in [0.5, 0.6) is 0 Å². The van der Waals surface area contributed by atoms with Crippen LogP contribution in [-0.4, -0.2) is 51.6 Å². The molecule has 221 valence electrons. The molecule has 39 heavy (non-hydrogen) atoms. The number of halogens is 3. The number of oxazole rings is 1. The van der Waals surface area contributed by atoms with E-state index in [-0.39, 0.29) is 6.04 Å². The molecule has 3 aromatic rings. The van der Waals surface area contributed by atoms with Crippen LogP contribution in [0.4, 0.5) is 11.7 Å². The van der Waals surface area contributed by atoms with Gasteiger partial charge in [0.15, 0.2) is 5.58 Å². The fourth-order valence-electron chi connectivity index (χ4n) is 4.47. The molecular weight excluding hydrogens is 811 g/mol. The molecule has 1 aliphatic heterocycles. The van der Waals surface area contributed by atoms with E-state index in [9.17, 15) is 4.79 Å². The van der Waals surface area contributed by atoms with Crippen molar-refractivity contribution in [1.29, 1.82) is 0 Å². The number of fused-ring (bicyclic) bond motifs is 1. The molecule has 8 nitrogen and oxygen atoms in total. The van der Waals surface area contributed by atoms with E-state index in [0.29, 0.717) is 56.9 Å². The van der Waals surface area contributed by atoms with Crippen LogP contribution >= 0.6 is 34.8 Å². The number of anilines is 2. The number of carboxylic acids is 1. The Morgan fingerprint density at radius 1 is 1.33 bits per heavy atom. The number of nitrogens with one attached hydrogen (secondary N) is 1. The number of nitrogens with zero attached hydrogens (tertiary/aromatic N) is 4. The molecule has 0 amide bonds. The zero-order valence-electron chi connectivity index (χ0n) is 21.6. The Kier molecular flexibility index (Phi) is 9.54. The molecule has 2 N–H and O–H groups in total. The first kappa shape index (κ1) is 30.3. The van der Waals surface area contributed by atoms with Crippen molar-refractivity contribution in [3.8, 4) is 0 Å². The monoisotopic (exact) mass is 840 g/mol. The quantitative estimate of drug-likeness (QED) is 0.236. The van der Waals surface area contributed by atoms with Gasteiger partial charge >= 0.3 is 5.97 Å². The number of pyridine rings is 1. The van der Waals surface area contributed by atoms with E-state index in [1.54, 1.807) is 25.3 Å². The van der Waals surface area contributed by atoms with Gasteiger partial charge in [-0.2, -0.15) is 11.4 Å². The molecule has 1 saturated carbocycles. The summed E-state index contributed by atoms with van der Waals surface area (Å²) in [6.07, 6.45) is 5.96. The first-order valence-electron chi connectivity index (χ1n) is 12.4. The number of hydrogen-bond acceptors (Lipinski definition) is 7. The van der Waals surface area contributed by atoms with E-state index in [0.717, 1.165) is 31.6 Å². The first-order valence-corrected chi connectivity index (χ1v) is 13.5. The summed E-state index contributed by atoms with van der Waals surface area (Å²) in [5.74, 6) is -0.688. The fourth-order valence-corrected chi connectivity index (χ4v) is 5.23. The Morgan fingerprint density at radius 2 is 2.03 bits per heavy atom. The Labute approximate surface area is 238 Å². The van der Waals surface area contributed by atoms with Gasteiger partial charge in [-0.15, -0.1) is 13.1 Å². The number of aliphatic carboxylic acids is 1. The molecule has 0 spiro atoms. The third kappa shape index (κ3) is 6.49. The summed E-state index contributed by atoms with van der Waals surface area (Å²) in [4.78, 5) is 23.4. The second kappa shape index (κ2) is 12.3. The average molecular weight is 842 g/mol. The molecular formula is C27H31Cl3LrN5O3-3. The Morgan fingerprint density at radius 3 is 2.59 bits per heavy atom. The van der Waals surface area contributed by atoms with E-state index >= 15 is 0 Å². The molecule has 1 atom stereocenters. The Bertz CT molecular complexity index is 1300. The van der Waals surface area contributed by atoms with Crippen LogP contribution in [-0.2, 0) is 4.79 Å². The SMILES string of the molecule is C[C@@H](Nc1c(Cl)cnc2nc(N3C[CH-]C3)oc12)c1ccc(Cl)cc1Cl.[CH2-]CCN([CH2-])C1CC(C)(C(=O)O)C1.[Lr]. The van der Waals surface area contributed by atoms with Gasteiger partial charge in [0, 0.05) is 10.0 Å². The van der Waals surface area contributed by atoms with Crippen LogP contribution in [0.15, 0.2) is 28.8 Å². The summed E-state index contributed by atoms with van der Waals surface area (Å²) in [6.45, 7) is 10.0. The summed E-state index contributed by atoms with van der Waals surface area (Å²) >= 11 is 18.6. The molecule has 0 bridgehead atoms. The standard InChI is InChI=1S/C17H14Cl3N4O.C10H17NO2.Lr/c1-9(11-4-3-10(18)7-12(11)19)22-14-13(20)8-21-16-15(14)25-17(23-16)24-5-2-6-24;1-4-5-11(3)8-6-10(2,7-8)9(12)13;/h2-4,7-9H,5-6H2,1H3,(H,21,22);8H,1,3-7H2,2H3,(H,12,13);/q-1;-2;/t9-;;/m1../s1. The van der Waals surface area contributed by atoms with Crippen LogP contribution in [0.25, 0.3) is 11.2 Å². The molecule has 2 fully saturated rings. The van der Waals surface area contributed by atoms with Crippen molar-refractivity contribution >= 4 is 63.7 Å². The summed E-state index contributed by atoms with van der Waals surface area (Å²) in [7, 11) is 3.88. The van der Waals surface area contributed by atoms with E-state index in [1.807, 2.05) is 22.8 Å². The van der Waals surface area contributed by atoms with Crippen molar-refractivity contribution in [1.82, 2.24) is 14.9 Å². The molecule has 1 radical (unpaired) electrons. The molecule has 3 heterocycles. The molecule has 1 aromatic carbocycles. The van der Waals surface area contributed by atoms with Crippen LogP contribution in [0.2, 0.25) is 15.1 Å². The first-order chi connectivity index (χ1) is 18.0. The summed E-state index contributed by atoms with van der Waals surface area (Å²) in [6, 6.07) is 6.18. The molecule has 2 aliphatic rings. The third-order valence-corrected chi connectivity index (χ3v) is 7.82. The van der Waals surface area contributed by atoms with Gasteiger partial charge in [0.25, 0.3) is 6.01 Å². The average Bonchev–Trinajstić information content (AvgIpc) is 3.21. The van der Waals surface area contributed by atoms with E-state index in [1.165, 1.54) is 0 Å². The molecule has 0 unspecified atom stereocenters. The molecule has 12 heteroatoms. The zero-order chi connectivity index (χ0) is 27.6. The van der Waals surface area contributed by atoms with Gasteiger partial charge in [0.2, 0.25) is 5.65 Å². The number of carbonyl (C=O) groups is 1. The maximum absolute atomic E-state index is 10.8. The van der Waals surface area contributed by atoms with Gasteiger partial charge in [-0.25, -0.2) is 4.98 Å². The van der Waals surface area contributed by atoms with Crippen LogP contribution in [0.1, 0.15) is 44.7 Å². The molecule has 1 saturated heterocycles. The second-order valence-corrected chi connectivity index (χ2v) is 11.2. The summed E-state index contributed by atoms with van der Waals surface area (Å²) in [5.41, 5.74) is 2.09. The van der Waals surface area contributed by atoms with Gasteiger partial charge < -0.3 is 31.6 Å². The number of hydrogen-bond donors (Lipinski definition) is 2. The summed E-state index contributed by atoms with van der Waals surface area (Å²) < 4.78 is 5.90. The van der Waals surface area contributed by atoms with Gasteiger partial charge in [0.05, 0.1) is 22.7 Å². The van der Waals surface area contributed by atoms with E-state index < -0.39 is 11.4 Å². The van der Waals surface area contributed by atoms with Crippen molar-refractivity contribution < 1.29 is 14.3 Å². The fraction of sp³-hybridized carbons (Fsp3) is 0.407. The minimum Gasteiger partial charge on any atom is -0.481 e. The van der Waals surface area contributed by atoms with Gasteiger partial charge in [-0.1, -0.05) is 47.4 Å². The van der Waals surface area contributed by atoms with Crippen LogP contribution in [0, 0.1) is 25.8 Å². The number of carboxylic acid groups (broad SMARTS) is 1. The number of benzene rings is 1. The van der Waals surface area contributed by atoms with Crippen molar-refractivity contribution in [3.05, 3.63) is 65.4 Å². The van der Waals surface area contributed by atoms with Crippen molar-refractivity contribution in [3.63, 3.8) is 0 Å². The Hall–Kier alpha value is -3.26. The van der Waals surface area contributed by atoms with Crippen LogP contribution in [0.3, 0.4) is 0 Å². The number of aromatic nitrogens is 2. The van der Waals surface area contributed by atoms with Gasteiger partial charge in [-0.05, 0) is 50.4 Å². The Balaban J connectivity index is 0.000000256. The van der Waals surface area contributed by atoms with E-state index in [4.69, 9.17) is 44.3 Å². The minimum atomic E-state index is -0.688. The largest absolute Gasteiger partial charge is 0.481 e. The maximum atomic E-state index is 10.8. The minimum absolute atomic E-state index is 0. The predicted molar refractivity (Wildman–Crippen MR) is 153 cm³/mol. The van der Waals surface area contributed by atoms with Gasteiger partial charge in [0.1, 0.15) is 5.69 Å². The third-order valence-electron chi connectivity index (χ3n) is 6.97. The molecule has 1 aliphatic carbocycles. The predicted octanol–water partition coefficient (Wildman–Crippen LogP) is 6.94. The molecule has 5 rings (SSSR count). The smallest absolute Gasteiger partial charge is 0.309 e. The maximum Gasteiger partial charge on any atom is 0.309 e. The van der Waals surface area contributed by atoms with Gasteiger partial charge in [-0.3, -0.25) is 18.3 Å². The van der Waals surface area contributed by atoms with Crippen molar-refractivity contribution in [2.45, 2.75) is 45.2 Å². The zero-order valence-corrected chi connectivity index (χ0v) is 26.1. The summed E-state index contributed by atoms with van der Waals surface area (Å²) in [5, 5.41) is 13.9. The molecule has 2 aromatic heterocycles.